The van der Waals surface area contributed by atoms with E-state index >= 15 is 0 Å². The van der Waals surface area contributed by atoms with Gasteiger partial charge in [-0.25, -0.2) is 9.37 Å². The molecule has 1 fully saturated rings. The average molecular weight is 266 g/mol. The van der Waals surface area contributed by atoms with E-state index in [1.165, 1.54) is 17.0 Å². The van der Waals surface area contributed by atoms with E-state index in [0.717, 1.165) is 19.2 Å². The van der Waals surface area contributed by atoms with E-state index in [-0.39, 0.29) is 5.82 Å². The molecule has 1 aliphatic rings. The van der Waals surface area contributed by atoms with Gasteiger partial charge in [0.1, 0.15) is 11.6 Å². The summed E-state index contributed by atoms with van der Waals surface area (Å²) in [5.41, 5.74) is 0. The number of carbonyl (C=O) groups excluding carboxylic acids is 2. The van der Waals surface area contributed by atoms with Gasteiger partial charge in [-0.3, -0.25) is 9.59 Å². The quantitative estimate of drug-likeness (QED) is 0.701. The van der Waals surface area contributed by atoms with Crippen LogP contribution in [0, 0.1) is 5.82 Å². The lowest BCUT2D eigenvalue weighted by Crippen LogP contribution is -2.41. The van der Waals surface area contributed by atoms with Gasteiger partial charge in [0.05, 0.1) is 6.20 Å². The Morgan fingerprint density at radius 2 is 2.16 bits per heavy atom. The molecule has 7 heteroatoms. The standard InChI is InChI=1S/C12H15FN4O2/c13-9-2-3-10(15-8-9)16-11(18)12(19)17-6-1-4-14-5-7-17/h2-3,8,14H,1,4-7H2,(H,15,16,18). The van der Waals surface area contributed by atoms with Crippen LogP contribution in [0.5, 0.6) is 0 Å². The van der Waals surface area contributed by atoms with Crippen LogP contribution in [0.3, 0.4) is 0 Å². The van der Waals surface area contributed by atoms with Gasteiger partial charge in [0.2, 0.25) is 0 Å². The summed E-state index contributed by atoms with van der Waals surface area (Å²) in [4.78, 5) is 28.8. The fraction of sp³-hybridized carbons (Fsp3) is 0.417. The van der Waals surface area contributed by atoms with Crippen LogP contribution in [0.1, 0.15) is 6.42 Å². The number of halogens is 1. The molecule has 0 saturated carbocycles. The van der Waals surface area contributed by atoms with E-state index in [0.29, 0.717) is 19.6 Å². The Balaban J connectivity index is 1.94. The Morgan fingerprint density at radius 3 is 2.89 bits per heavy atom. The number of hydrogen-bond acceptors (Lipinski definition) is 4. The minimum absolute atomic E-state index is 0.160. The van der Waals surface area contributed by atoms with Gasteiger partial charge in [-0.15, -0.1) is 0 Å². The first kappa shape index (κ1) is 13.4. The van der Waals surface area contributed by atoms with E-state index in [1.807, 2.05) is 0 Å². The van der Waals surface area contributed by atoms with Gasteiger partial charge in [-0.05, 0) is 25.1 Å². The molecular weight excluding hydrogens is 251 g/mol. The summed E-state index contributed by atoms with van der Waals surface area (Å²) in [5.74, 6) is -1.67. The molecule has 6 nitrogen and oxygen atoms in total. The minimum atomic E-state index is -0.749. The third kappa shape index (κ3) is 3.72. The molecule has 1 aromatic heterocycles. The van der Waals surface area contributed by atoms with Crippen molar-refractivity contribution in [3.8, 4) is 0 Å². The molecule has 0 aromatic carbocycles. The zero-order chi connectivity index (χ0) is 13.7. The third-order valence-corrected chi connectivity index (χ3v) is 2.79. The van der Waals surface area contributed by atoms with Gasteiger partial charge in [-0.2, -0.15) is 0 Å². The van der Waals surface area contributed by atoms with E-state index in [1.54, 1.807) is 0 Å². The molecule has 0 aliphatic carbocycles. The molecule has 19 heavy (non-hydrogen) atoms. The normalized spacial score (nSPS) is 15.7. The maximum atomic E-state index is 12.7. The van der Waals surface area contributed by atoms with Crippen LogP contribution in [0.25, 0.3) is 0 Å². The maximum Gasteiger partial charge on any atom is 0.315 e. The highest BCUT2D eigenvalue weighted by Gasteiger charge is 2.22. The molecule has 2 N–H and O–H groups in total. The molecule has 1 saturated heterocycles. The first-order valence-corrected chi connectivity index (χ1v) is 6.09. The summed E-state index contributed by atoms with van der Waals surface area (Å²) < 4.78 is 12.7. The Bertz CT molecular complexity index is 455. The predicted octanol–water partition coefficient (Wildman–Crippen LogP) is -0.0189. The number of aromatic nitrogens is 1. The SMILES string of the molecule is O=C(Nc1ccc(F)cn1)C(=O)N1CCCNCC1. The summed E-state index contributed by atoms with van der Waals surface area (Å²) in [6.45, 7) is 2.57. The van der Waals surface area contributed by atoms with E-state index in [2.05, 4.69) is 15.6 Å². The van der Waals surface area contributed by atoms with E-state index < -0.39 is 17.6 Å². The molecule has 2 amide bonds. The predicted molar refractivity (Wildman–Crippen MR) is 66.9 cm³/mol. The second-order valence-electron chi connectivity index (χ2n) is 4.21. The number of carbonyl (C=O) groups is 2. The lowest BCUT2D eigenvalue weighted by Gasteiger charge is -2.18. The van der Waals surface area contributed by atoms with Gasteiger partial charge < -0.3 is 15.5 Å². The Hall–Kier alpha value is -2.02. The van der Waals surface area contributed by atoms with E-state index in [9.17, 15) is 14.0 Å². The number of anilines is 1. The second kappa shape index (κ2) is 6.24. The van der Waals surface area contributed by atoms with Crippen molar-refractivity contribution in [1.82, 2.24) is 15.2 Å². The molecule has 0 unspecified atom stereocenters. The Morgan fingerprint density at radius 1 is 1.32 bits per heavy atom. The number of hydrogen-bond donors (Lipinski definition) is 2. The van der Waals surface area contributed by atoms with Crippen LogP contribution in [-0.4, -0.2) is 47.9 Å². The lowest BCUT2D eigenvalue weighted by molar-refractivity contribution is -0.143. The van der Waals surface area contributed by atoms with Crippen LogP contribution < -0.4 is 10.6 Å². The molecule has 0 bridgehead atoms. The topological polar surface area (TPSA) is 74.3 Å². The van der Waals surface area contributed by atoms with Crippen LogP contribution >= 0.6 is 0 Å². The summed E-state index contributed by atoms with van der Waals surface area (Å²) in [6.07, 6.45) is 1.80. The molecule has 0 atom stereocenters. The number of amides is 2. The van der Waals surface area contributed by atoms with Crippen molar-refractivity contribution >= 4 is 17.6 Å². The summed E-state index contributed by atoms with van der Waals surface area (Å²) in [7, 11) is 0. The van der Waals surface area contributed by atoms with Gasteiger partial charge in [0.15, 0.2) is 0 Å². The molecule has 1 aliphatic heterocycles. The number of rotatable bonds is 1. The van der Waals surface area contributed by atoms with Gasteiger partial charge in [0, 0.05) is 19.6 Å². The molecular formula is C12H15FN4O2. The zero-order valence-corrected chi connectivity index (χ0v) is 10.4. The highest BCUT2D eigenvalue weighted by Crippen LogP contribution is 2.04. The summed E-state index contributed by atoms with van der Waals surface area (Å²) in [5, 5.41) is 5.51. The summed E-state index contributed by atoms with van der Waals surface area (Å²) in [6, 6.07) is 2.48. The number of nitrogens with zero attached hydrogens (tertiary/aromatic N) is 2. The van der Waals surface area contributed by atoms with Crippen molar-refractivity contribution in [3.05, 3.63) is 24.1 Å². The van der Waals surface area contributed by atoms with Gasteiger partial charge in [-0.1, -0.05) is 0 Å². The van der Waals surface area contributed by atoms with Crippen molar-refractivity contribution in [2.24, 2.45) is 0 Å². The van der Waals surface area contributed by atoms with Crippen LogP contribution in [0.2, 0.25) is 0 Å². The Kier molecular flexibility index (Phi) is 4.40. The second-order valence-corrected chi connectivity index (χ2v) is 4.21. The molecule has 102 valence electrons. The highest BCUT2D eigenvalue weighted by molar-refractivity contribution is 6.39. The smallest absolute Gasteiger partial charge is 0.315 e. The van der Waals surface area contributed by atoms with Crippen molar-refractivity contribution in [2.75, 3.05) is 31.5 Å². The fourth-order valence-corrected chi connectivity index (χ4v) is 1.81. The average Bonchev–Trinajstić information content (AvgIpc) is 2.69. The highest BCUT2D eigenvalue weighted by atomic mass is 19.1. The van der Waals surface area contributed by atoms with Gasteiger partial charge in [0.25, 0.3) is 0 Å². The van der Waals surface area contributed by atoms with Crippen LogP contribution in [0.15, 0.2) is 18.3 Å². The maximum absolute atomic E-state index is 12.7. The number of pyridine rings is 1. The summed E-state index contributed by atoms with van der Waals surface area (Å²) >= 11 is 0. The van der Waals surface area contributed by atoms with E-state index in [4.69, 9.17) is 0 Å². The van der Waals surface area contributed by atoms with Crippen molar-refractivity contribution in [3.63, 3.8) is 0 Å². The molecule has 0 spiro atoms. The Labute approximate surface area is 110 Å². The lowest BCUT2D eigenvalue weighted by atomic mass is 10.3. The molecule has 2 rings (SSSR count). The monoisotopic (exact) mass is 266 g/mol. The van der Waals surface area contributed by atoms with Crippen LogP contribution in [0.4, 0.5) is 10.2 Å². The van der Waals surface area contributed by atoms with Crippen molar-refractivity contribution < 1.29 is 14.0 Å². The third-order valence-electron chi connectivity index (χ3n) is 2.79. The fourth-order valence-electron chi connectivity index (χ4n) is 1.81. The molecule has 0 radical (unpaired) electrons. The molecule has 1 aromatic rings. The number of nitrogens with one attached hydrogen (secondary N) is 2. The van der Waals surface area contributed by atoms with Crippen LogP contribution in [-0.2, 0) is 9.59 Å². The first-order valence-electron chi connectivity index (χ1n) is 6.09. The minimum Gasteiger partial charge on any atom is -0.333 e. The zero-order valence-electron chi connectivity index (χ0n) is 10.4. The first-order chi connectivity index (χ1) is 9.16. The van der Waals surface area contributed by atoms with Crippen molar-refractivity contribution in [1.29, 1.82) is 0 Å². The van der Waals surface area contributed by atoms with Gasteiger partial charge >= 0.3 is 11.8 Å². The van der Waals surface area contributed by atoms with Crippen molar-refractivity contribution in [2.45, 2.75) is 6.42 Å². The molecule has 2 heterocycles. The largest absolute Gasteiger partial charge is 0.333 e.